The number of ether oxygens (including phenoxy) is 1. The number of nitrogens with one attached hydrogen (secondary N) is 2. The molecule has 0 aliphatic carbocycles. The second-order valence-corrected chi connectivity index (χ2v) is 8.53. The fourth-order valence-electron chi connectivity index (χ4n) is 2.51. The molecule has 2 aromatic rings. The van der Waals surface area contributed by atoms with Crippen LogP contribution < -0.4 is 15.4 Å². The van der Waals surface area contributed by atoms with Gasteiger partial charge in [-0.2, -0.15) is 0 Å². The van der Waals surface area contributed by atoms with Gasteiger partial charge in [-0.05, 0) is 41.8 Å². The van der Waals surface area contributed by atoms with Crippen molar-refractivity contribution in [3.63, 3.8) is 0 Å². The van der Waals surface area contributed by atoms with E-state index in [0.717, 1.165) is 24.3 Å². The van der Waals surface area contributed by atoms with Crippen LogP contribution in [-0.4, -0.2) is 53.5 Å². The fourth-order valence-corrected chi connectivity index (χ4v) is 3.42. The van der Waals surface area contributed by atoms with Gasteiger partial charge in [-0.3, -0.25) is 4.99 Å². The average molecular weight is 405 g/mol. The zero-order chi connectivity index (χ0) is 20.6. The van der Waals surface area contributed by atoms with Gasteiger partial charge in [-0.1, -0.05) is 24.3 Å². The molecule has 0 bridgehead atoms. The third-order valence-electron chi connectivity index (χ3n) is 4.25. The van der Waals surface area contributed by atoms with Gasteiger partial charge in [-0.25, -0.2) is 12.7 Å². The predicted molar refractivity (Wildman–Crippen MR) is 112 cm³/mol. The molecular weight excluding hydrogens is 376 g/mol. The monoisotopic (exact) mass is 404 g/mol. The Morgan fingerprint density at radius 1 is 1.00 bits per heavy atom. The molecule has 8 heteroatoms. The molecule has 2 N–H and O–H groups in total. The minimum Gasteiger partial charge on any atom is -0.497 e. The molecule has 0 spiro atoms. The first-order valence-electron chi connectivity index (χ1n) is 8.95. The first-order chi connectivity index (χ1) is 13.4. The maximum absolute atomic E-state index is 12.1. The van der Waals surface area contributed by atoms with E-state index in [0.29, 0.717) is 12.5 Å². The van der Waals surface area contributed by atoms with Crippen molar-refractivity contribution in [1.82, 2.24) is 14.9 Å². The molecule has 0 heterocycles. The van der Waals surface area contributed by atoms with Gasteiger partial charge in [-0.15, -0.1) is 0 Å². The van der Waals surface area contributed by atoms with Crippen LogP contribution in [0.15, 0.2) is 58.4 Å². The quantitative estimate of drug-likeness (QED) is 0.518. The number of benzene rings is 2. The highest BCUT2D eigenvalue weighted by Crippen LogP contribution is 2.14. The molecule has 0 aliphatic heterocycles. The molecule has 0 saturated heterocycles. The van der Waals surface area contributed by atoms with Crippen molar-refractivity contribution < 1.29 is 13.2 Å². The van der Waals surface area contributed by atoms with Crippen LogP contribution in [0.5, 0.6) is 5.75 Å². The summed E-state index contributed by atoms with van der Waals surface area (Å²) < 4.78 is 30.6. The molecule has 0 amide bonds. The first kappa shape index (κ1) is 21.7. The van der Waals surface area contributed by atoms with E-state index in [2.05, 4.69) is 15.6 Å². The summed E-state index contributed by atoms with van der Waals surface area (Å²) in [7, 11) is 3.01. The lowest BCUT2D eigenvalue weighted by Crippen LogP contribution is -2.37. The van der Waals surface area contributed by atoms with Crippen molar-refractivity contribution in [3.8, 4) is 5.75 Å². The van der Waals surface area contributed by atoms with Crippen LogP contribution >= 0.6 is 0 Å². The number of methoxy groups -OCH3 is 1. The molecule has 28 heavy (non-hydrogen) atoms. The molecule has 2 rings (SSSR count). The summed E-state index contributed by atoms with van der Waals surface area (Å²) in [4.78, 5) is 4.49. The van der Waals surface area contributed by atoms with E-state index < -0.39 is 10.0 Å². The fraction of sp³-hybridized carbons (Fsp3) is 0.350. The Hall–Kier alpha value is -2.58. The second kappa shape index (κ2) is 10.1. The van der Waals surface area contributed by atoms with Crippen LogP contribution in [0.3, 0.4) is 0 Å². The Labute approximate surface area is 167 Å². The Kier molecular flexibility index (Phi) is 7.83. The number of rotatable bonds is 8. The number of hydrogen-bond acceptors (Lipinski definition) is 4. The minimum atomic E-state index is -3.40. The van der Waals surface area contributed by atoms with Crippen molar-refractivity contribution in [2.45, 2.75) is 17.9 Å². The van der Waals surface area contributed by atoms with Gasteiger partial charge < -0.3 is 15.4 Å². The van der Waals surface area contributed by atoms with Crippen LogP contribution in [0.25, 0.3) is 0 Å². The van der Waals surface area contributed by atoms with Crippen molar-refractivity contribution in [1.29, 1.82) is 0 Å². The molecule has 0 atom stereocenters. The van der Waals surface area contributed by atoms with E-state index in [1.807, 2.05) is 24.3 Å². The summed E-state index contributed by atoms with van der Waals surface area (Å²) in [6, 6.07) is 14.8. The van der Waals surface area contributed by atoms with Gasteiger partial charge in [0.15, 0.2) is 5.96 Å². The molecule has 0 aromatic heterocycles. The Morgan fingerprint density at radius 3 is 2.14 bits per heavy atom. The van der Waals surface area contributed by atoms with Crippen molar-refractivity contribution in [2.75, 3.05) is 34.8 Å². The predicted octanol–water partition coefficient (Wildman–Crippen LogP) is 1.85. The molecule has 0 aliphatic rings. The molecular formula is C20H28N4O3S. The van der Waals surface area contributed by atoms with Crippen LogP contribution in [0.2, 0.25) is 0 Å². The highest BCUT2D eigenvalue weighted by atomic mass is 32.2. The lowest BCUT2D eigenvalue weighted by Gasteiger charge is -2.13. The maximum atomic E-state index is 12.1. The number of nitrogens with zero attached hydrogens (tertiary/aromatic N) is 2. The largest absolute Gasteiger partial charge is 0.497 e. The van der Waals surface area contributed by atoms with Crippen molar-refractivity contribution in [2.24, 2.45) is 4.99 Å². The summed E-state index contributed by atoms with van der Waals surface area (Å²) in [5, 5.41) is 6.50. The zero-order valence-corrected chi connectivity index (χ0v) is 17.6. The van der Waals surface area contributed by atoms with Gasteiger partial charge >= 0.3 is 0 Å². The van der Waals surface area contributed by atoms with Crippen LogP contribution in [0.4, 0.5) is 0 Å². The van der Waals surface area contributed by atoms with Crippen LogP contribution in [-0.2, 0) is 23.0 Å². The molecule has 152 valence electrons. The minimum absolute atomic E-state index is 0.281. The highest BCUT2D eigenvalue weighted by molar-refractivity contribution is 7.89. The normalized spacial score (nSPS) is 12.1. The number of aliphatic imine (C=N–C) groups is 1. The lowest BCUT2D eigenvalue weighted by atomic mass is 10.1. The second-order valence-electron chi connectivity index (χ2n) is 6.38. The summed E-state index contributed by atoms with van der Waals surface area (Å²) >= 11 is 0. The van der Waals surface area contributed by atoms with E-state index >= 15 is 0 Å². The molecule has 0 radical (unpaired) electrons. The van der Waals surface area contributed by atoms with Crippen LogP contribution in [0, 0.1) is 0 Å². The number of sulfonamides is 1. The van der Waals surface area contributed by atoms with Crippen LogP contribution in [0.1, 0.15) is 11.1 Å². The van der Waals surface area contributed by atoms with Gasteiger partial charge in [0.05, 0.1) is 12.0 Å². The van der Waals surface area contributed by atoms with Gasteiger partial charge in [0.2, 0.25) is 10.0 Å². The third-order valence-corrected chi connectivity index (χ3v) is 6.08. The third kappa shape index (κ3) is 5.97. The Balaban J connectivity index is 1.83. The lowest BCUT2D eigenvalue weighted by molar-refractivity contribution is 0.414. The summed E-state index contributed by atoms with van der Waals surface area (Å²) in [6.07, 6.45) is 0.863. The molecule has 0 saturated carbocycles. The van der Waals surface area contributed by atoms with E-state index in [1.54, 1.807) is 38.4 Å². The smallest absolute Gasteiger partial charge is 0.242 e. The van der Waals surface area contributed by atoms with E-state index in [9.17, 15) is 8.42 Å². The molecule has 2 aromatic carbocycles. The number of hydrogen-bond donors (Lipinski definition) is 2. The number of guanidine groups is 1. The van der Waals surface area contributed by atoms with Gasteiger partial charge in [0.25, 0.3) is 0 Å². The standard InChI is InChI=1S/C20H28N4O3S/c1-21-20(22-14-13-16-5-9-18(27-4)10-6-16)23-15-17-7-11-19(12-8-17)28(25,26)24(2)3/h5-12H,13-15H2,1-4H3,(H2,21,22,23). The first-order valence-corrected chi connectivity index (χ1v) is 10.4. The zero-order valence-electron chi connectivity index (χ0n) is 16.8. The summed E-state index contributed by atoms with van der Waals surface area (Å²) in [6.45, 7) is 1.29. The molecule has 0 fully saturated rings. The molecule has 7 nitrogen and oxygen atoms in total. The summed E-state index contributed by atoms with van der Waals surface area (Å²) in [5.41, 5.74) is 2.18. The average Bonchev–Trinajstić information content (AvgIpc) is 2.71. The van der Waals surface area contributed by atoms with E-state index in [-0.39, 0.29) is 4.90 Å². The van der Waals surface area contributed by atoms with Gasteiger partial charge in [0, 0.05) is 34.2 Å². The topological polar surface area (TPSA) is 83.0 Å². The SMILES string of the molecule is CN=C(NCCc1ccc(OC)cc1)NCc1ccc(S(=O)(=O)N(C)C)cc1. The molecule has 0 unspecified atom stereocenters. The Bertz CT molecular complexity index is 877. The Morgan fingerprint density at radius 2 is 1.61 bits per heavy atom. The van der Waals surface area contributed by atoms with E-state index in [4.69, 9.17) is 4.74 Å². The van der Waals surface area contributed by atoms with Crippen molar-refractivity contribution in [3.05, 3.63) is 59.7 Å². The highest BCUT2D eigenvalue weighted by Gasteiger charge is 2.16. The maximum Gasteiger partial charge on any atom is 0.242 e. The van der Waals surface area contributed by atoms with Gasteiger partial charge in [0.1, 0.15) is 5.75 Å². The summed E-state index contributed by atoms with van der Waals surface area (Å²) in [5.74, 6) is 1.54. The van der Waals surface area contributed by atoms with E-state index in [1.165, 1.54) is 24.0 Å². The van der Waals surface area contributed by atoms with Crippen molar-refractivity contribution >= 4 is 16.0 Å².